The number of carboxylic acid groups (broad SMARTS) is 1. The molecule has 152 valence electrons. The molecular weight excluding hydrogens is 389 g/mol. The van der Waals surface area contributed by atoms with Gasteiger partial charge in [0.1, 0.15) is 11.7 Å². The van der Waals surface area contributed by atoms with Crippen molar-refractivity contribution in [3.05, 3.63) is 77.5 Å². The molecule has 0 spiro atoms. The van der Waals surface area contributed by atoms with Gasteiger partial charge in [0, 0.05) is 6.42 Å². The second kappa shape index (κ2) is 9.54. The van der Waals surface area contributed by atoms with Crippen LogP contribution < -0.4 is 10.6 Å². The normalized spacial score (nSPS) is 12.7. The highest BCUT2D eigenvalue weighted by molar-refractivity contribution is 5.99. The number of aliphatic carboxylic acids is 1. The molecule has 3 N–H and O–H groups in total. The average Bonchev–Trinajstić information content (AvgIpc) is 2.67. The van der Waals surface area contributed by atoms with E-state index in [-0.39, 0.29) is 6.42 Å². The number of rotatable bonds is 7. The van der Waals surface area contributed by atoms with Gasteiger partial charge in [0.05, 0.1) is 0 Å². The van der Waals surface area contributed by atoms with Crippen molar-refractivity contribution in [1.29, 1.82) is 0 Å². The number of hydrogen-bond acceptors (Lipinski definition) is 3. The molecule has 0 aliphatic rings. The molecule has 2 amide bonds. The average molecular weight is 406 g/mol. The Balaban J connectivity index is 2.25. The van der Waals surface area contributed by atoms with Crippen LogP contribution in [0, 0.1) is 0 Å². The maximum Gasteiger partial charge on any atom is 0.471 e. The minimum absolute atomic E-state index is 0.257. The number of halogens is 3. The highest BCUT2D eigenvalue weighted by atomic mass is 19.4. The van der Waals surface area contributed by atoms with Crippen LogP contribution in [0.2, 0.25) is 0 Å². The first-order valence-electron chi connectivity index (χ1n) is 8.39. The van der Waals surface area contributed by atoms with Crippen LogP contribution in [0.4, 0.5) is 13.2 Å². The van der Waals surface area contributed by atoms with Crippen LogP contribution in [0.3, 0.4) is 0 Å². The Kier molecular flexibility index (Phi) is 7.13. The number of hydrogen-bond donors (Lipinski definition) is 3. The molecule has 29 heavy (non-hydrogen) atoms. The lowest BCUT2D eigenvalue weighted by molar-refractivity contribution is -0.174. The van der Waals surface area contributed by atoms with Crippen molar-refractivity contribution in [3.63, 3.8) is 0 Å². The molecule has 0 fully saturated rings. The van der Waals surface area contributed by atoms with Crippen molar-refractivity contribution >= 4 is 23.9 Å². The first kappa shape index (κ1) is 21.7. The van der Waals surface area contributed by atoms with Crippen molar-refractivity contribution in [2.75, 3.05) is 0 Å². The van der Waals surface area contributed by atoms with Gasteiger partial charge in [0.2, 0.25) is 5.91 Å². The van der Waals surface area contributed by atoms with Crippen molar-refractivity contribution in [1.82, 2.24) is 10.6 Å². The SMILES string of the molecule is O=C(O)/C(=C/c1ccccc1)NC(=O)[C@H](Cc1ccccc1)NC(=O)C(F)(F)F. The van der Waals surface area contributed by atoms with E-state index in [0.717, 1.165) is 6.08 Å². The van der Waals surface area contributed by atoms with E-state index in [1.165, 1.54) is 0 Å². The van der Waals surface area contributed by atoms with Crippen molar-refractivity contribution in [2.24, 2.45) is 0 Å². The van der Waals surface area contributed by atoms with Crippen LogP contribution >= 0.6 is 0 Å². The van der Waals surface area contributed by atoms with Crippen LogP contribution in [-0.2, 0) is 20.8 Å². The third kappa shape index (κ3) is 6.80. The number of carboxylic acids is 1. The molecule has 0 heterocycles. The van der Waals surface area contributed by atoms with Crippen LogP contribution in [-0.4, -0.2) is 35.1 Å². The molecule has 0 bridgehead atoms. The Morgan fingerprint density at radius 1 is 0.966 bits per heavy atom. The Morgan fingerprint density at radius 3 is 2.03 bits per heavy atom. The minimum atomic E-state index is -5.19. The fraction of sp³-hybridized carbons (Fsp3) is 0.150. The molecular formula is C20H17F3N2O4. The summed E-state index contributed by atoms with van der Waals surface area (Å²) in [6.45, 7) is 0. The van der Waals surface area contributed by atoms with E-state index in [1.807, 2.05) is 0 Å². The van der Waals surface area contributed by atoms with E-state index in [9.17, 15) is 32.7 Å². The van der Waals surface area contributed by atoms with Gasteiger partial charge in [-0.2, -0.15) is 13.2 Å². The van der Waals surface area contributed by atoms with Crippen molar-refractivity contribution in [2.45, 2.75) is 18.6 Å². The summed E-state index contributed by atoms with van der Waals surface area (Å²) in [5.74, 6) is -4.86. The summed E-state index contributed by atoms with van der Waals surface area (Å²) in [6, 6.07) is 14.6. The van der Waals surface area contributed by atoms with Gasteiger partial charge >= 0.3 is 18.1 Å². The van der Waals surface area contributed by atoms with E-state index in [2.05, 4.69) is 5.32 Å². The Bertz CT molecular complexity index is 897. The van der Waals surface area contributed by atoms with Crippen LogP contribution in [0.5, 0.6) is 0 Å². The highest BCUT2D eigenvalue weighted by Gasteiger charge is 2.41. The van der Waals surface area contributed by atoms with Gasteiger partial charge in [0.25, 0.3) is 0 Å². The fourth-order valence-corrected chi connectivity index (χ4v) is 2.39. The molecule has 0 radical (unpaired) electrons. The van der Waals surface area contributed by atoms with Gasteiger partial charge in [-0.3, -0.25) is 9.59 Å². The number of carbonyl (C=O) groups excluding carboxylic acids is 2. The van der Waals surface area contributed by atoms with Gasteiger partial charge < -0.3 is 15.7 Å². The van der Waals surface area contributed by atoms with E-state index < -0.39 is 35.7 Å². The van der Waals surface area contributed by atoms with Crippen LogP contribution in [0.1, 0.15) is 11.1 Å². The molecule has 2 aromatic carbocycles. The zero-order valence-electron chi connectivity index (χ0n) is 14.9. The minimum Gasteiger partial charge on any atom is -0.477 e. The van der Waals surface area contributed by atoms with E-state index in [1.54, 1.807) is 66.0 Å². The summed E-state index contributed by atoms with van der Waals surface area (Å²) >= 11 is 0. The van der Waals surface area contributed by atoms with E-state index in [4.69, 9.17) is 0 Å². The summed E-state index contributed by atoms with van der Waals surface area (Å²) in [5, 5.41) is 13.0. The van der Waals surface area contributed by atoms with Gasteiger partial charge in [0.15, 0.2) is 0 Å². The second-order valence-corrected chi connectivity index (χ2v) is 5.98. The molecule has 0 aromatic heterocycles. The maximum atomic E-state index is 12.6. The van der Waals surface area contributed by atoms with E-state index >= 15 is 0 Å². The van der Waals surface area contributed by atoms with Gasteiger partial charge in [-0.1, -0.05) is 60.7 Å². The second-order valence-electron chi connectivity index (χ2n) is 5.98. The number of nitrogens with one attached hydrogen (secondary N) is 2. The topological polar surface area (TPSA) is 95.5 Å². The molecule has 2 aromatic rings. The standard InChI is InChI=1S/C20H17F3N2O4/c21-20(22,23)19(29)25-15(11-13-7-3-1-4-8-13)17(26)24-16(18(27)28)12-14-9-5-2-6-10-14/h1-10,12,15H,11H2,(H,24,26)(H,25,29)(H,27,28)/b16-12-/t15-/m0/s1. The van der Waals surface area contributed by atoms with Crippen molar-refractivity contribution in [3.8, 4) is 0 Å². The Morgan fingerprint density at radius 2 is 1.52 bits per heavy atom. The molecule has 6 nitrogen and oxygen atoms in total. The number of benzene rings is 2. The molecule has 0 saturated carbocycles. The third-order valence-electron chi connectivity index (χ3n) is 3.76. The molecule has 1 atom stereocenters. The fourth-order valence-electron chi connectivity index (χ4n) is 2.39. The lowest BCUT2D eigenvalue weighted by Gasteiger charge is -2.19. The maximum absolute atomic E-state index is 12.6. The van der Waals surface area contributed by atoms with Crippen LogP contribution in [0.25, 0.3) is 6.08 Å². The predicted molar refractivity (Wildman–Crippen MR) is 98.3 cm³/mol. The van der Waals surface area contributed by atoms with Crippen LogP contribution in [0.15, 0.2) is 66.4 Å². The summed E-state index contributed by atoms with van der Waals surface area (Å²) in [6.07, 6.45) is -4.29. The largest absolute Gasteiger partial charge is 0.477 e. The summed E-state index contributed by atoms with van der Waals surface area (Å²) < 4.78 is 37.9. The molecule has 0 saturated heterocycles. The number of carbonyl (C=O) groups is 3. The quantitative estimate of drug-likeness (QED) is 0.616. The molecule has 2 rings (SSSR count). The predicted octanol–water partition coefficient (Wildman–Crippen LogP) is 2.52. The summed E-state index contributed by atoms with van der Waals surface area (Å²) in [4.78, 5) is 35.3. The number of alkyl halides is 3. The number of amides is 2. The summed E-state index contributed by atoms with van der Waals surface area (Å²) in [5.41, 5.74) is 0.406. The van der Waals surface area contributed by atoms with Crippen molar-refractivity contribution < 1.29 is 32.7 Å². The monoisotopic (exact) mass is 406 g/mol. The zero-order chi connectivity index (χ0) is 21.4. The zero-order valence-corrected chi connectivity index (χ0v) is 14.9. The van der Waals surface area contributed by atoms with Gasteiger partial charge in [-0.25, -0.2) is 4.79 Å². The first-order chi connectivity index (χ1) is 13.7. The Labute approximate surface area is 164 Å². The Hall–Kier alpha value is -3.62. The molecule has 0 aliphatic heterocycles. The first-order valence-corrected chi connectivity index (χ1v) is 8.39. The van der Waals surface area contributed by atoms with Gasteiger partial charge in [-0.05, 0) is 17.2 Å². The summed E-state index contributed by atoms with van der Waals surface area (Å²) in [7, 11) is 0. The lowest BCUT2D eigenvalue weighted by Crippen LogP contribution is -2.51. The van der Waals surface area contributed by atoms with E-state index in [0.29, 0.717) is 11.1 Å². The highest BCUT2D eigenvalue weighted by Crippen LogP contribution is 2.15. The molecule has 0 unspecified atom stereocenters. The smallest absolute Gasteiger partial charge is 0.471 e. The molecule has 9 heteroatoms. The van der Waals surface area contributed by atoms with Gasteiger partial charge in [-0.15, -0.1) is 0 Å². The molecule has 0 aliphatic carbocycles. The third-order valence-corrected chi connectivity index (χ3v) is 3.76. The lowest BCUT2D eigenvalue weighted by atomic mass is 10.0.